The summed E-state index contributed by atoms with van der Waals surface area (Å²) in [4.78, 5) is 27.2. The summed E-state index contributed by atoms with van der Waals surface area (Å²) in [5, 5.41) is 16.1. The lowest BCUT2D eigenvalue weighted by atomic mass is 10.1. The summed E-state index contributed by atoms with van der Waals surface area (Å²) in [5.41, 5.74) is 3.08. The first kappa shape index (κ1) is 20.7. The maximum Gasteiger partial charge on any atom is 0.338 e. The first-order chi connectivity index (χ1) is 14.6. The maximum absolute atomic E-state index is 12.3. The molecule has 7 heteroatoms. The number of nitrogens with zero attached hydrogens (tertiary/aromatic N) is 1. The second-order valence-corrected chi connectivity index (χ2v) is 6.49. The minimum absolute atomic E-state index is 0.0385. The lowest BCUT2D eigenvalue weighted by molar-refractivity contribution is -0.112. The quantitative estimate of drug-likeness (QED) is 0.231. The average molecular weight is 402 g/mol. The summed E-state index contributed by atoms with van der Waals surface area (Å²) in [6, 6.07) is 16.2. The molecule has 7 nitrogen and oxygen atoms in total. The largest absolute Gasteiger partial charge is 0.462 e. The van der Waals surface area contributed by atoms with Crippen LogP contribution in [0.5, 0.6) is 0 Å². The van der Waals surface area contributed by atoms with Crippen molar-refractivity contribution in [3.63, 3.8) is 0 Å². The maximum atomic E-state index is 12.3. The lowest BCUT2D eigenvalue weighted by Crippen LogP contribution is -2.18. The average Bonchev–Trinajstić information content (AvgIpc) is 3.17. The number of anilines is 1. The summed E-state index contributed by atoms with van der Waals surface area (Å²) in [7, 11) is 0. The van der Waals surface area contributed by atoms with E-state index in [1.807, 2.05) is 30.5 Å². The van der Waals surface area contributed by atoms with E-state index < -0.39 is 11.9 Å². The van der Waals surface area contributed by atoms with Crippen LogP contribution in [0.2, 0.25) is 0 Å². The number of hydrogen-bond donors (Lipinski definition) is 3. The van der Waals surface area contributed by atoms with Gasteiger partial charge in [0.05, 0.1) is 12.2 Å². The molecule has 0 bridgehead atoms. The number of para-hydroxylation sites is 1. The third kappa shape index (κ3) is 5.06. The van der Waals surface area contributed by atoms with E-state index in [0.717, 1.165) is 22.9 Å². The van der Waals surface area contributed by atoms with Gasteiger partial charge in [-0.25, -0.2) is 4.79 Å². The van der Waals surface area contributed by atoms with Gasteiger partial charge in [0.2, 0.25) is 0 Å². The van der Waals surface area contributed by atoms with E-state index in [1.165, 1.54) is 6.20 Å². The van der Waals surface area contributed by atoms with Gasteiger partial charge in [-0.2, -0.15) is 5.26 Å². The monoisotopic (exact) mass is 402 g/mol. The van der Waals surface area contributed by atoms with Crippen LogP contribution < -0.4 is 10.6 Å². The Morgan fingerprint density at radius 1 is 1.17 bits per heavy atom. The zero-order valence-corrected chi connectivity index (χ0v) is 16.6. The first-order valence-corrected chi connectivity index (χ1v) is 9.59. The molecule has 3 N–H and O–H groups in total. The van der Waals surface area contributed by atoms with E-state index >= 15 is 0 Å². The van der Waals surface area contributed by atoms with Gasteiger partial charge in [-0.3, -0.25) is 4.79 Å². The van der Waals surface area contributed by atoms with Crippen molar-refractivity contribution in [3.05, 3.63) is 77.6 Å². The number of rotatable bonds is 8. The van der Waals surface area contributed by atoms with E-state index in [1.54, 1.807) is 31.2 Å². The van der Waals surface area contributed by atoms with Crippen molar-refractivity contribution in [2.45, 2.75) is 13.3 Å². The molecule has 0 radical (unpaired) electrons. The highest BCUT2D eigenvalue weighted by Crippen LogP contribution is 2.17. The van der Waals surface area contributed by atoms with Crippen molar-refractivity contribution in [3.8, 4) is 6.07 Å². The number of ether oxygens (including phenoxy) is 1. The molecule has 0 saturated carbocycles. The molecule has 0 saturated heterocycles. The Bertz CT molecular complexity index is 1110. The van der Waals surface area contributed by atoms with Gasteiger partial charge in [-0.05, 0) is 49.2 Å². The number of carbonyl (C=O) groups is 2. The number of fused-ring (bicyclic) bond motifs is 1. The zero-order chi connectivity index (χ0) is 21.3. The Kier molecular flexibility index (Phi) is 6.85. The van der Waals surface area contributed by atoms with E-state index in [-0.39, 0.29) is 5.57 Å². The molecule has 30 heavy (non-hydrogen) atoms. The highest BCUT2D eigenvalue weighted by atomic mass is 16.5. The van der Waals surface area contributed by atoms with Gasteiger partial charge in [0.25, 0.3) is 5.91 Å². The van der Waals surface area contributed by atoms with Crippen LogP contribution in [-0.2, 0) is 16.0 Å². The van der Waals surface area contributed by atoms with Crippen molar-refractivity contribution < 1.29 is 14.3 Å². The molecule has 1 aromatic heterocycles. The summed E-state index contributed by atoms with van der Waals surface area (Å²) >= 11 is 0. The predicted octanol–water partition coefficient (Wildman–Crippen LogP) is 3.52. The van der Waals surface area contributed by atoms with Gasteiger partial charge in [-0.15, -0.1) is 0 Å². The fourth-order valence-electron chi connectivity index (χ4n) is 2.97. The number of carbonyl (C=O) groups excluding carboxylic acids is 2. The van der Waals surface area contributed by atoms with Gasteiger partial charge in [0, 0.05) is 35.5 Å². The molecule has 0 aliphatic carbocycles. The van der Waals surface area contributed by atoms with E-state index in [0.29, 0.717) is 24.4 Å². The molecule has 0 spiro atoms. The molecule has 2 aromatic carbocycles. The molecule has 0 unspecified atom stereocenters. The Balaban J connectivity index is 1.54. The number of aromatic amines is 1. The molecule has 0 aliphatic heterocycles. The Hall–Kier alpha value is -4.05. The van der Waals surface area contributed by atoms with E-state index in [9.17, 15) is 14.9 Å². The Morgan fingerprint density at radius 2 is 1.93 bits per heavy atom. The fraction of sp³-hybridized carbons (Fsp3) is 0.174. The number of hydrogen-bond acceptors (Lipinski definition) is 5. The number of H-pyrrole nitrogens is 1. The topological polar surface area (TPSA) is 107 Å². The van der Waals surface area contributed by atoms with E-state index in [2.05, 4.69) is 21.7 Å². The fourth-order valence-corrected chi connectivity index (χ4v) is 2.97. The molecule has 0 aliphatic rings. The van der Waals surface area contributed by atoms with Crippen LogP contribution in [0.1, 0.15) is 22.8 Å². The molecule has 1 amide bonds. The number of amides is 1. The first-order valence-electron chi connectivity index (χ1n) is 9.59. The number of nitrogens with one attached hydrogen (secondary N) is 3. The van der Waals surface area contributed by atoms with E-state index in [4.69, 9.17) is 4.74 Å². The number of nitriles is 1. The van der Waals surface area contributed by atoms with Crippen LogP contribution in [0.25, 0.3) is 10.9 Å². The van der Waals surface area contributed by atoms with Crippen LogP contribution in [-0.4, -0.2) is 30.0 Å². The lowest BCUT2D eigenvalue weighted by Gasteiger charge is -2.06. The van der Waals surface area contributed by atoms with Gasteiger partial charge in [0.15, 0.2) is 0 Å². The molecular weight excluding hydrogens is 380 g/mol. The summed E-state index contributed by atoms with van der Waals surface area (Å²) in [6.07, 6.45) is 4.13. The number of benzene rings is 2. The zero-order valence-electron chi connectivity index (χ0n) is 16.6. The molecule has 0 atom stereocenters. The molecular formula is C23H22N4O3. The second kappa shape index (κ2) is 9.94. The van der Waals surface area contributed by atoms with Gasteiger partial charge in [-0.1, -0.05) is 18.2 Å². The Labute approximate surface area is 174 Å². The molecule has 3 rings (SSSR count). The van der Waals surface area contributed by atoms with Crippen molar-refractivity contribution >= 4 is 28.5 Å². The molecule has 0 fully saturated rings. The van der Waals surface area contributed by atoms with Crippen LogP contribution >= 0.6 is 0 Å². The summed E-state index contributed by atoms with van der Waals surface area (Å²) in [6.45, 7) is 2.60. The summed E-state index contributed by atoms with van der Waals surface area (Å²) in [5.74, 6) is -0.951. The van der Waals surface area contributed by atoms with Crippen molar-refractivity contribution in [1.82, 2.24) is 10.3 Å². The standard InChI is InChI=1S/C23H22N4O3/c1-2-30-23(29)16-7-9-19(10-8-16)27-22(28)18(13-24)14-25-12-11-17-15-26-21-6-4-3-5-20(17)21/h3-10,14-15,25-26H,2,11-12H2,1H3,(H,27,28)/b18-14-. The predicted molar refractivity (Wildman–Crippen MR) is 115 cm³/mol. The normalized spacial score (nSPS) is 11.0. The van der Waals surface area contributed by atoms with Crippen LogP contribution in [0.4, 0.5) is 5.69 Å². The second-order valence-electron chi connectivity index (χ2n) is 6.49. The third-order valence-corrected chi connectivity index (χ3v) is 4.48. The van der Waals surface area contributed by atoms with Crippen molar-refractivity contribution in [2.75, 3.05) is 18.5 Å². The van der Waals surface area contributed by atoms with Crippen molar-refractivity contribution in [2.24, 2.45) is 0 Å². The molecule has 1 heterocycles. The third-order valence-electron chi connectivity index (χ3n) is 4.48. The molecule has 3 aromatic rings. The molecule has 152 valence electrons. The number of esters is 1. The number of aromatic nitrogens is 1. The summed E-state index contributed by atoms with van der Waals surface area (Å²) < 4.78 is 4.92. The SMILES string of the molecule is CCOC(=O)c1ccc(NC(=O)/C(C#N)=C\NCCc2c[nH]c3ccccc23)cc1. The van der Waals surface area contributed by atoms with Crippen LogP contribution in [0, 0.1) is 11.3 Å². The smallest absolute Gasteiger partial charge is 0.338 e. The minimum atomic E-state index is -0.527. The highest BCUT2D eigenvalue weighted by molar-refractivity contribution is 6.06. The van der Waals surface area contributed by atoms with Gasteiger partial charge < -0.3 is 20.4 Å². The van der Waals surface area contributed by atoms with Gasteiger partial charge >= 0.3 is 5.97 Å². The van der Waals surface area contributed by atoms with Gasteiger partial charge in [0.1, 0.15) is 11.6 Å². The van der Waals surface area contributed by atoms with Crippen LogP contribution in [0.15, 0.2) is 66.5 Å². The van der Waals surface area contributed by atoms with Crippen molar-refractivity contribution in [1.29, 1.82) is 5.26 Å². The minimum Gasteiger partial charge on any atom is -0.462 e. The highest BCUT2D eigenvalue weighted by Gasteiger charge is 2.11. The van der Waals surface area contributed by atoms with Crippen LogP contribution in [0.3, 0.4) is 0 Å². The Morgan fingerprint density at radius 3 is 2.67 bits per heavy atom.